The van der Waals surface area contributed by atoms with E-state index in [-0.39, 0.29) is 19.1 Å². The van der Waals surface area contributed by atoms with E-state index in [0.717, 1.165) is 0 Å². The quantitative estimate of drug-likeness (QED) is 0.779. The Kier molecular flexibility index (Phi) is 5.36. The van der Waals surface area contributed by atoms with Gasteiger partial charge in [-0.05, 0) is 19.1 Å². The monoisotopic (exact) mass is 223 g/mol. The molecular weight excluding hydrogens is 206 g/mol. The van der Waals surface area contributed by atoms with Crippen LogP contribution in [0.4, 0.5) is 0 Å². The highest BCUT2D eigenvalue weighted by Crippen LogP contribution is 2.08. The zero-order valence-corrected chi connectivity index (χ0v) is 9.43. The molecule has 1 aromatic rings. The molecule has 88 valence electrons. The summed E-state index contributed by atoms with van der Waals surface area (Å²) < 4.78 is 5.32. The van der Waals surface area contributed by atoms with Crippen molar-refractivity contribution in [2.45, 2.75) is 6.92 Å². The normalized spacial score (nSPS) is 9.88. The molecule has 0 unspecified atom stereocenters. The van der Waals surface area contributed by atoms with Crippen LogP contribution in [0.15, 0.2) is 30.3 Å². The summed E-state index contributed by atoms with van der Waals surface area (Å²) >= 11 is 0. The number of carbonyl (C=O) groups excluding carboxylic acids is 1. The average molecular weight is 223 g/mol. The zero-order valence-electron chi connectivity index (χ0n) is 9.43. The van der Waals surface area contributed by atoms with Gasteiger partial charge in [0.15, 0.2) is 6.61 Å². The highest BCUT2D eigenvalue weighted by Gasteiger charge is 2.11. The maximum Gasteiger partial charge on any atom is 0.260 e. The maximum absolute atomic E-state index is 11.6. The SMILES string of the molecule is CCN(CCO)C(=O)COc1ccccc1. The van der Waals surface area contributed by atoms with E-state index in [1.54, 1.807) is 17.0 Å². The fraction of sp³-hybridized carbons (Fsp3) is 0.417. The number of carbonyl (C=O) groups is 1. The molecule has 4 nitrogen and oxygen atoms in total. The minimum atomic E-state index is -0.111. The number of hydrogen-bond acceptors (Lipinski definition) is 3. The maximum atomic E-state index is 11.6. The summed E-state index contributed by atoms with van der Waals surface area (Å²) in [6.07, 6.45) is 0. The van der Waals surface area contributed by atoms with Gasteiger partial charge >= 0.3 is 0 Å². The predicted molar refractivity (Wildman–Crippen MR) is 61.3 cm³/mol. The molecule has 0 bridgehead atoms. The van der Waals surface area contributed by atoms with E-state index in [2.05, 4.69) is 0 Å². The molecule has 0 atom stereocenters. The largest absolute Gasteiger partial charge is 0.484 e. The van der Waals surface area contributed by atoms with Crippen molar-refractivity contribution in [3.63, 3.8) is 0 Å². The van der Waals surface area contributed by atoms with Crippen molar-refractivity contribution >= 4 is 5.91 Å². The van der Waals surface area contributed by atoms with Gasteiger partial charge in [-0.2, -0.15) is 0 Å². The number of likely N-dealkylation sites (N-methyl/N-ethyl adjacent to an activating group) is 1. The first-order valence-corrected chi connectivity index (χ1v) is 5.34. The van der Waals surface area contributed by atoms with Gasteiger partial charge in [0, 0.05) is 13.1 Å². The lowest BCUT2D eigenvalue weighted by Crippen LogP contribution is -2.36. The third-order valence-corrected chi connectivity index (χ3v) is 2.21. The minimum Gasteiger partial charge on any atom is -0.484 e. The lowest BCUT2D eigenvalue weighted by Gasteiger charge is -2.19. The molecular formula is C12H17NO3. The summed E-state index contributed by atoms with van der Waals surface area (Å²) in [4.78, 5) is 13.2. The van der Waals surface area contributed by atoms with Crippen molar-refractivity contribution in [1.82, 2.24) is 4.90 Å². The molecule has 0 fully saturated rings. The highest BCUT2D eigenvalue weighted by atomic mass is 16.5. The van der Waals surface area contributed by atoms with Crippen molar-refractivity contribution < 1.29 is 14.6 Å². The van der Waals surface area contributed by atoms with Gasteiger partial charge in [0.1, 0.15) is 5.75 Å². The Morgan fingerprint density at radius 2 is 2.06 bits per heavy atom. The van der Waals surface area contributed by atoms with Crippen LogP contribution in [0, 0.1) is 0 Å². The molecule has 0 aliphatic carbocycles. The van der Waals surface area contributed by atoms with Crippen LogP contribution in [0.25, 0.3) is 0 Å². The van der Waals surface area contributed by atoms with Crippen LogP contribution in [0.3, 0.4) is 0 Å². The molecule has 16 heavy (non-hydrogen) atoms. The van der Waals surface area contributed by atoms with E-state index >= 15 is 0 Å². The van der Waals surface area contributed by atoms with Crippen LogP contribution in [0.5, 0.6) is 5.75 Å². The zero-order chi connectivity index (χ0) is 11.8. The first-order chi connectivity index (χ1) is 7.77. The van der Waals surface area contributed by atoms with Gasteiger partial charge in [0.05, 0.1) is 6.61 Å². The minimum absolute atomic E-state index is 0.0118. The van der Waals surface area contributed by atoms with E-state index in [1.165, 1.54) is 0 Å². The lowest BCUT2D eigenvalue weighted by molar-refractivity contribution is -0.133. The molecule has 0 aliphatic heterocycles. The summed E-state index contributed by atoms with van der Waals surface area (Å²) in [5.74, 6) is 0.566. The van der Waals surface area contributed by atoms with Crippen LogP contribution in [-0.4, -0.2) is 42.2 Å². The topological polar surface area (TPSA) is 49.8 Å². The molecule has 0 radical (unpaired) electrons. The van der Waals surface area contributed by atoms with Gasteiger partial charge < -0.3 is 14.7 Å². The standard InChI is InChI=1S/C12H17NO3/c1-2-13(8-9-14)12(15)10-16-11-6-4-3-5-7-11/h3-7,14H,2,8-10H2,1H3. The van der Waals surface area contributed by atoms with Crippen molar-refractivity contribution in [2.75, 3.05) is 26.3 Å². The number of nitrogens with zero attached hydrogens (tertiary/aromatic N) is 1. The summed E-state index contributed by atoms with van der Waals surface area (Å²) in [6, 6.07) is 9.19. The number of benzene rings is 1. The summed E-state index contributed by atoms with van der Waals surface area (Å²) in [7, 11) is 0. The Morgan fingerprint density at radius 3 is 2.62 bits per heavy atom. The number of ether oxygens (including phenoxy) is 1. The third kappa shape index (κ3) is 3.90. The van der Waals surface area contributed by atoms with Gasteiger partial charge in [-0.15, -0.1) is 0 Å². The van der Waals surface area contributed by atoms with E-state index in [4.69, 9.17) is 9.84 Å². The van der Waals surface area contributed by atoms with Crippen molar-refractivity contribution in [2.24, 2.45) is 0 Å². The fourth-order valence-corrected chi connectivity index (χ4v) is 1.33. The number of aliphatic hydroxyl groups is 1. The van der Waals surface area contributed by atoms with Crippen LogP contribution < -0.4 is 4.74 Å². The van der Waals surface area contributed by atoms with E-state index < -0.39 is 0 Å². The second kappa shape index (κ2) is 6.85. The van der Waals surface area contributed by atoms with Crippen molar-refractivity contribution in [3.05, 3.63) is 30.3 Å². The van der Waals surface area contributed by atoms with Gasteiger partial charge in [0.2, 0.25) is 0 Å². The number of para-hydroxylation sites is 1. The fourth-order valence-electron chi connectivity index (χ4n) is 1.33. The molecule has 0 saturated heterocycles. The molecule has 0 saturated carbocycles. The second-order valence-electron chi connectivity index (χ2n) is 3.30. The molecule has 0 aliphatic rings. The number of rotatable bonds is 6. The highest BCUT2D eigenvalue weighted by molar-refractivity contribution is 5.77. The Hall–Kier alpha value is -1.55. The second-order valence-corrected chi connectivity index (χ2v) is 3.30. The third-order valence-electron chi connectivity index (χ3n) is 2.21. The molecule has 0 heterocycles. The number of hydrogen-bond donors (Lipinski definition) is 1. The van der Waals surface area contributed by atoms with Crippen molar-refractivity contribution in [1.29, 1.82) is 0 Å². The first-order valence-electron chi connectivity index (χ1n) is 5.34. The molecule has 1 amide bonds. The Labute approximate surface area is 95.5 Å². The molecule has 1 aromatic carbocycles. The smallest absolute Gasteiger partial charge is 0.260 e. The first kappa shape index (κ1) is 12.5. The Balaban J connectivity index is 2.40. The predicted octanol–water partition coefficient (Wildman–Crippen LogP) is 0.906. The van der Waals surface area contributed by atoms with Crippen LogP contribution in [0.1, 0.15) is 6.92 Å². The number of amides is 1. The summed E-state index contributed by atoms with van der Waals surface area (Å²) in [5, 5.41) is 8.77. The summed E-state index contributed by atoms with van der Waals surface area (Å²) in [5.41, 5.74) is 0. The molecule has 1 rings (SSSR count). The molecule has 0 spiro atoms. The van der Waals surface area contributed by atoms with Crippen LogP contribution in [0.2, 0.25) is 0 Å². The van der Waals surface area contributed by atoms with Crippen LogP contribution >= 0.6 is 0 Å². The van der Waals surface area contributed by atoms with Gasteiger partial charge in [-0.1, -0.05) is 18.2 Å². The number of aliphatic hydroxyl groups excluding tert-OH is 1. The van der Waals surface area contributed by atoms with E-state index in [0.29, 0.717) is 18.8 Å². The lowest BCUT2D eigenvalue weighted by atomic mass is 10.3. The Morgan fingerprint density at radius 1 is 1.38 bits per heavy atom. The van der Waals surface area contributed by atoms with Gasteiger partial charge in [0.25, 0.3) is 5.91 Å². The van der Waals surface area contributed by atoms with Crippen LogP contribution in [-0.2, 0) is 4.79 Å². The summed E-state index contributed by atoms with van der Waals surface area (Å²) in [6.45, 7) is 2.80. The van der Waals surface area contributed by atoms with E-state index in [9.17, 15) is 4.79 Å². The molecule has 4 heteroatoms. The average Bonchev–Trinajstić information content (AvgIpc) is 2.34. The van der Waals surface area contributed by atoms with Gasteiger partial charge in [-0.3, -0.25) is 4.79 Å². The van der Waals surface area contributed by atoms with Crippen molar-refractivity contribution in [3.8, 4) is 5.75 Å². The molecule has 0 aromatic heterocycles. The molecule has 1 N–H and O–H groups in total. The Bertz CT molecular complexity index is 313. The van der Waals surface area contributed by atoms with Gasteiger partial charge in [-0.25, -0.2) is 0 Å². The van der Waals surface area contributed by atoms with E-state index in [1.807, 2.05) is 25.1 Å².